The Balaban J connectivity index is 1.38. The molecule has 0 N–H and O–H groups in total. The number of hydrogen-bond acceptors (Lipinski definition) is 0. The van der Waals surface area contributed by atoms with Crippen molar-refractivity contribution in [2.75, 3.05) is 0 Å². The van der Waals surface area contributed by atoms with Gasteiger partial charge in [-0.1, -0.05) is 25.7 Å². The second kappa shape index (κ2) is 2.67. The Morgan fingerprint density at radius 1 is 0.667 bits per heavy atom. The molecule has 6 rings (SSSR count). The van der Waals surface area contributed by atoms with Crippen LogP contribution in [0.5, 0.6) is 0 Å². The second-order valence-electron chi connectivity index (χ2n) is 7.12. The summed E-state index contributed by atoms with van der Waals surface area (Å²) < 4.78 is 0. The summed E-state index contributed by atoms with van der Waals surface area (Å²) in [7, 11) is 0. The van der Waals surface area contributed by atoms with Gasteiger partial charge in [0.1, 0.15) is 0 Å². The van der Waals surface area contributed by atoms with Gasteiger partial charge in [-0.15, -0.1) is 11.8 Å². The molecule has 6 aliphatic carbocycles. The molecule has 18 heavy (non-hydrogen) atoms. The summed E-state index contributed by atoms with van der Waals surface area (Å²) in [6, 6.07) is 0. The zero-order valence-electron chi connectivity index (χ0n) is 11.3. The van der Waals surface area contributed by atoms with Gasteiger partial charge in [0.05, 0.1) is 0 Å². The average molecular weight is 236 g/mol. The van der Waals surface area contributed by atoms with Crippen LogP contribution in [0.4, 0.5) is 0 Å². The lowest BCUT2D eigenvalue weighted by Crippen LogP contribution is -3.09. The van der Waals surface area contributed by atoms with Crippen molar-refractivity contribution in [1.82, 2.24) is 0 Å². The van der Waals surface area contributed by atoms with Crippen LogP contribution in [0.2, 0.25) is 0 Å². The summed E-state index contributed by atoms with van der Waals surface area (Å²) in [5.74, 6) is 20.3. The molecule has 0 radical (unpaired) electrons. The predicted octanol–water partition coefficient (Wildman–Crippen LogP) is 3.33. The largest absolute Gasteiger partial charge is 0.103 e. The minimum atomic E-state index is 0.559. The first-order valence-electron chi connectivity index (χ1n) is 7.85. The van der Waals surface area contributed by atoms with Crippen LogP contribution >= 0.6 is 0 Å². The summed E-state index contributed by atoms with van der Waals surface area (Å²) in [5.41, 5.74) is 1.12. The SMILES string of the molecule is CCCC#CC12C3C4C1C1C2C3C41C#CCCC. The van der Waals surface area contributed by atoms with Gasteiger partial charge in [-0.3, -0.25) is 0 Å². The highest BCUT2D eigenvalue weighted by Crippen LogP contribution is 3.10. The van der Waals surface area contributed by atoms with E-state index in [9.17, 15) is 0 Å². The van der Waals surface area contributed by atoms with Crippen molar-refractivity contribution in [3.05, 3.63) is 0 Å². The predicted molar refractivity (Wildman–Crippen MR) is 71.2 cm³/mol. The van der Waals surface area contributed by atoms with Gasteiger partial charge in [0, 0.05) is 23.7 Å². The molecular formula is C18H20. The molecule has 0 saturated heterocycles. The van der Waals surface area contributed by atoms with Crippen LogP contribution in [0.3, 0.4) is 0 Å². The van der Waals surface area contributed by atoms with Crippen molar-refractivity contribution in [2.24, 2.45) is 46.3 Å². The van der Waals surface area contributed by atoms with Crippen molar-refractivity contribution in [3.8, 4) is 23.7 Å². The molecule has 0 aromatic rings. The fourth-order valence-electron chi connectivity index (χ4n) is 6.71. The zero-order chi connectivity index (χ0) is 12.1. The fraction of sp³-hybridized carbons (Fsp3) is 0.778. The zero-order valence-corrected chi connectivity index (χ0v) is 11.3. The van der Waals surface area contributed by atoms with Crippen molar-refractivity contribution in [1.29, 1.82) is 0 Å². The summed E-state index contributed by atoms with van der Waals surface area (Å²) in [5, 5.41) is 0. The lowest BCUT2D eigenvalue weighted by atomic mass is 8.92. The van der Waals surface area contributed by atoms with Gasteiger partial charge >= 0.3 is 0 Å². The lowest BCUT2D eigenvalue weighted by Gasteiger charge is -3.09. The molecule has 6 aliphatic rings. The smallest absolute Gasteiger partial charge is 0.0418 e. The Morgan fingerprint density at radius 3 is 1.28 bits per heavy atom. The molecule has 0 spiro atoms. The molecule has 0 unspecified atom stereocenters. The Hall–Kier alpha value is -0.880. The minimum absolute atomic E-state index is 0.559. The first-order chi connectivity index (χ1) is 8.85. The van der Waals surface area contributed by atoms with E-state index in [1.807, 2.05) is 0 Å². The van der Waals surface area contributed by atoms with Gasteiger partial charge in [-0.25, -0.2) is 0 Å². The first-order valence-corrected chi connectivity index (χ1v) is 7.85. The summed E-state index contributed by atoms with van der Waals surface area (Å²) in [6.07, 6.45) is 4.64. The van der Waals surface area contributed by atoms with Crippen LogP contribution in [-0.4, -0.2) is 0 Å². The highest BCUT2D eigenvalue weighted by Gasteiger charge is 3.09. The topological polar surface area (TPSA) is 0 Å². The van der Waals surface area contributed by atoms with E-state index < -0.39 is 0 Å². The third kappa shape index (κ3) is 0.596. The molecule has 0 bridgehead atoms. The fourth-order valence-corrected chi connectivity index (χ4v) is 6.71. The molecule has 0 heteroatoms. The standard InChI is InChI=1S/C18H20/c1-3-5-7-9-17-11-14-12(17)16-13(17)15(11)18(14,16)10-8-6-4-2/h11-16H,3-6H2,1-2H3. The van der Waals surface area contributed by atoms with Gasteiger partial charge in [0.25, 0.3) is 0 Å². The first kappa shape index (κ1) is 9.97. The van der Waals surface area contributed by atoms with Crippen LogP contribution in [0, 0.1) is 70.0 Å². The number of unbranched alkanes of at least 4 members (excludes halogenated alkanes) is 2. The number of hydrogen-bond donors (Lipinski definition) is 0. The van der Waals surface area contributed by atoms with E-state index in [0.29, 0.717) is 10.8 Å². The molecule has 92 valence electrons. The van der Waals surface area contributed by atoms with Crippen molar-refractivity contribution >= 4 is 0 Å². The van der Waals surface area contributed by atoms with E-state index in [-0.39, 0.29) is 0 Å². The summed E-state index contributed by atoms with van der Waals surface area (Å²) >= 11 is 0. The van der Waals surface area contributed by atoms with Crippen molar-refractivity contribution < 1.29 is 0 Å². The molecule has 0 heterocycles. The van der Waals surface area contributed by atoms with Gasteiger partial charge < -0.3 is 0 Å². The van der Waals surface area contributed by atoms with Crippen LogP contribution in [0.25, 0.3) is 0 Å². The molecular weight excluding hydrogens is 216 g/mol. The summed E-state index contributed by atoms with van der Waals surface area (Å²) in [4.78, 5) is 0. The van der Waals surface area contributed by atoms with E-state index >= 15 is 0 Å². The normalized spacial score (nSPS) is 61.2. The van der Waals surface area contributed by atoms with Crippen LogP contribution in [-0.2, 0) is 0 Å². The number of rotatable bonds is 2. The maximum atomic E-state index is 3.70. The molecule has 0 nitrogen and oxygen atoms in total. The van der Waals surface area contributed by atoms with E-state index in [0.717, 1.165) is 48.3 Å². The van der Waals surface area contributed by atoms with Gasteiger partial charge in [-0.05, 0) is 48.3 Å². The molecule has 0 amide bonds. The molecule has 0 aromatic carbocycles. The Labute approximate surface area is 110 Å². The highest BCUT2D eigenvalue weighted by molar-refractivity contribution is 5.63. The second-order valence-corrected chi connectivity index (χ2v) is 7.12. The maximum absolute atomic E-state index is 3.70. The average Bonchev–Trinajstić information content (AvgIpc) is 2.41. The van der Waals surface area contributed by atoms with Crippen LogP contribution in [0.1, 0.15) is 39.5 Å². The van der Waals surface area contributed by atoms with Crippen molar-refractivity contribution in [2.45, 2.75) is 39.5 Å². The van der Waals surface area contributed by atoms with E-state index in [2.05, 4.69) is 37.5 Å². The molecule has 0 aromatic heterocycles. The van der Waals surface area contributed by atoms with Gasteiger partial charge in [0.2, 0.25) is 0 Å². The maximum Gasteiger partial charge on any atom is 0.0418 e. The molecule has 0 aliphatic heterocycles. The highest BCUT2D eigenvalue weighted by atomic mass is 15.1. The third-order valence-corrected chi connectivity index (χ3v) is 6.99. The quantitative estimate of drug-likeness (QED) is 0.645. The minimum Gasteiger partial charge on any atom is -0.103 e. The lowest BCUT2D eigenvalue weighted by molar-refractivity contribution is -0.624. The Kier molecular flexibility index (Phi) is 1.48. The van der Waals surface area contributed by atoms with Crippen LogP contribution in [0.15, 0.2) is 0 Å². The van der Waals surface area contributed by atoms with Crippen molar-refractivity contribution in [3.63, 3.8) is 0 Å². The Morgan fingerprint density at radius 2 is 1.00 bits per heavy atom. The third-order valence-electron chi connectivity index (χ3n) is 6.99. The van der Waals surface area contributed by atoms with Crippen LogP contribution < -0.4 is 0 Å². The molecule has 6 fully saturated rings. The Bertz CT molecular complexity index is 453. The molecule has 0 atom stereocenters. The van der Waals surface area contributed by atoms with Gasteiger partial charge in [-0.2, -0.15) is 0 Å². The van der Waals surface area contributed by atoms with E-state index in [1.54, 1.807) is 0 Å². The van der Waals surface area contributed by atoms with E-state index in [1.165, 1.54) is 12.8 Å². The van der Waals surface area contributed by atoms with Gasteiger partial charge in [0.15, 0.2) is 0 Å². The summed E-state index contributed by atoms with van der Waals surface area (Å²) in [6.45, 7) is 4.46. The van der Waals surface area contributed by atoms with E-state index in [4.69, 9.17) is 0 Å². The molecule has 6 saturated carbocycles. The monoisotopic (exact) mass is 236 g/mol.